The molecule has 0 saturated heterocycles. The van der Waals surface area contributed by atoms with Crippen LogP contribution in [0.1, 0.15) is 11.1 Å². The number of carbonyl (C=O) groups excluding carboxylic acids is 1. The van der Waals surface area contributed by atoms with Gasteiger partial charge < -0.3 is 9.47 Å². The molecule has 0 aliphatic carbocycles. The molecule has 0 fully saturated rings. The van der Waals surface area contributed by atoms with Crippen molar-refractivity contribution in [2.45, 2.75) is 6.61 Å². The minimum Gasteiger partial charge on any atom is -0.488 e. The molecule has 0 N–H and O–H groups in total. The van der Waals surface area contributed by atoms with Crippen molar-refractivity contribution in [3.8, 4) is 5.75 Å². The van der Waals surface area contributed by atoms with E-state index in [-0.39, 0.29) is 19.0 Å². The van der Waals surface area contributed by atoms with E-state index in [1.54, 1.807) is 42.5 Å². The van der Waals surface area contributed by atoms with Crippen LogP contribution in [-0.2, 0) is 16.1 Å². The number of ether oxygens (including phenoxy) is 2. The number of esters is 1. The van der Waals surface area contributed by atoms with Gasteiger partial charge in [0.25, 0.3) is 0 Å². The van der Waals surface area contributed by atoms with Crippen LogP contribution in [0.5, 0.6) is 5.75 Å². The monoisotopic (exact) mass is 390 g/mol. The summed E-state index contributed by atoms with van der Waals surface area (Å²) >= 11 is 3.41. The predicted molar refractivity (Wildman–Crippen MR) is 95.1 cm³/mol. The fourth-order valence-electron chi connectivity index (χ4n) is 1.86. The largest absolute Gasteiger partial charge is 0.488 e. The molecular weight excluding hydrogens is 375 g/mol. The fraction of sp³-hybridized carbons (Fsp3) is 0.105. The van der Waals surface area contributed by atoms with Gasteiger partial charge in [0, 0.05) is 11.6 Å². The van der Waals surface area contributed by atoms with E-state index in [0.717, 1.165) is 5.56 Å². The standard InChI is InChI=1S/C19H16BrFO3/c1-2-11-23-19(22)10-8-14-7-9-18(16(20)12-14)24-13-15-5-3-4-6-17(15)21/h2-10,12H,1,11,13H2/b10-8+. The first-order valence-electron chi connectivity index (χ1n) is 7.21. The Balaban J connectivity index is 1.99. The van der Waals surface area contributed by atoms with Gasteiger partial charge in [0.15, 0.2) is 0 Å². The van der Waals surface area contributed by atoms with Crippen LogP contribution < -0.4 is 4.74 Å². The average Bonchev–Trinajstić information content (AvgIpc) is 2.58. The zero-order valence-corrected chi connectivity index (χ0v) is 14.5. The number of hydrogen-bond acceptors (Lipinski definition) is 3. The highest BCUT2D eigenvalue weighted by atomic mass is 79.9. The Morgan fingerprint density at radius 2 is 2.04 bits per heavy atom. The third-order valence-electron chi connectivity index (χ3n) is 3.05. The molecule has 0 amide bonds. The molecule has 0 aliphatic rings. The molecule has 0 aliphatic heterocycles. The Morgan fingerprint density at radius 3 is 2.75 bits per heavy atom. The number of benzene rings is 2. The van der Waals surface area contributed by atoms with Crippen LogP contribution in [-0.4, -0.2) is 12.6 Å². The molecule has 0 atom stereocenters. The first kappa shape index (κ1) is 17.9. The summed E-state index contributed by atoms with van der Waals surface area (Å²) in [4.78, 5) is 11.4. The zero-order valence-electron chi connectivity index (χ0n) is 12.9. The smallest absolute Gasteiger partial charge is 0.331 e. The predicted octanol–water partition coefficient (Wildman–Crippen LogP) is 4.91. The van der Waals surface area contributed by atoms with Crippen LogP contribution in [0.3, 0.4) is 0 Å². The lowest BCUT2D eigenvalue weighted by molar-refractivity contribution is -0.136. The van der Waals surface area contributed by atoms with Gasteiger partial charge in [-0.05, 0) is 45.8 Å². The van der Waals surface area contributed by atoms with Crippen LogP contribution in [0.25, 0.3) is 6.08 Å². The number of rotatable bonds is 7. The van der Waals surface area contributed by atoms with Crippen molar-refractivity contribution in [1.29, 1.82) is 0 Å². The molecule has 0 spiro atoms. The zero-order chi connectivity index (χ0) is 17.4. The normalized spacial score (nSPS) is 10.6. The molecule has 0 heterocycles. The molecule has 2 aromatic rings. The third-order valence-corrected chi connectivity index (χ3v) is 3.67. The summed E-state index contributed by atoms with van der Waals surface area (Å²) in [5.74, 6) is -0.151. The maximum Gasteiger partial charge on any atom is 0.331 e. The van der Waals surface area contributed by atoms with Crippen LogP contribution in [0.2, 0.25) is 0 Å². The summed E-state index contributed by atoms with van der Waals surface area (Å²) in [6, 6.07) is 11.8. The minimum atomic E-state index is -0.439. The Morgan fingerprint density at radius 1 is 1.25 bits per heavy atom. The first-order chi connectivity index (χ1) is 11.6. The molecule has 0 unspecified atom stereocenters. The van der Waals surface area contributed by atoms with Gasteiger partial charge in [0.2, 0.25) is 0 Å². The molecule has 3 nitrogen and oxygen atoms in total. The number of hydrogen-bond donors (Lipinski definition) is 0. The summed E-state index contributed by atoms with van der Waals surface area (Å²) in [5.41, 5.74) is 1.29. The Bertz CT molecular complexity index is 756. The molecular formula is C19H16BrFO3. The Kier molecular flexibility index (Phi) is 6.75. The van der Waals surface area contributed by atoms with E-state index in [4.69, 9.17) is 9.47 Å². The maximum atomic E-state index is 13.6. The lowest BCUT2D eigenvalue weighted by Crippen LogP contribution is -2.00. The van der Waals surface area contributed by atoms with Crippen molar-refractivity contribution >= 4 is 28.0 Å². The lowest BCUT2D eigenvalue weighted by Gasteiger charge is -2.09. The molecule has 0 saturated carbocycles. The van der Waals surface area contributed by atoms with Gasteiger partial charge in [-0.25, -0.2) is 9.18 Å². The van der Waals surface area contributed by atoms with Gasteiger partial charge in [0.1, 0.15) is 24.8 Å². The van der Waals surface area contributed by atoms with Crippen molar-refractivity contribution < 1.29 is 18.7 Å². The van der Waals surface area contributed by atoms with Gasteiger partial charge >= 0.3 is 5.97 Å². The third kappa shape index (κ3) is 5.35. The van der Waals surface area contributed by atoms with Crippen molar-refractivity contribution in [2.75, 3.05) is 6.61 Å². The second kappa shape index (κ2) is 9.03. The fourth-order valence-corrected chi connectivity index (χ4v) is 2.37. The van der Waals surface area contributed by atoms with Crippen LogP contribution in [0, 0.1) is 5.82 Å². The van der Waals surface area contributed by atoms with E-state index in [0.29, 0.717) is 15.8 Å². The van der Waals surface area contributed by atoms with Gasteiger partial charge in [-0.3, -0.25) is 0 Å². The summed E-state index contributed by atoms with van der Waals surface area (Å²) < 4.78 is 24.8. The van der Waals surface area contributed by atoms with E-state index in [1.807, 2.05) is 0 Å². The number of halogens is 2. The topological polar surface area (TPSA) is 35.5 Å². The molecule has 24 heavy (non-hydrogen) atoms. The number of carbonyl (C=O) groups is 1. The molecule has 124 valence electrons. The summed E-state index contributed by atoms with van der Waals surface area (Å²) in [7, 11) is 0. The minimum absolute atomic E-state index is 0.133. The molecule has 0 radical (unpaired) electrons. The van der Waals surface area contributed by atoms with Gasteiger partial charge in [-0.1, -0.05) is 36.9 Å². The molecule has 0 bridgehead atoms. The van der Waals surface area contributed by atoms with Gasteiger partial charge in [-0.2, -0.15) is 0 Å². The van der Waals surface area contributed by atoms with Crippen LogP contribution in [0.15, 0.2) is 65.7 Å². The highest BCUT2D eigenvalue weighted by Crippen LogP contribution is 2.27. The Hall–Kier alpha value is -2.40. The van der Waals surface area contributed by atoms with E-state index in [1.165, 1.54) is 18.2 Å². The van der Waals surface area contributed by atoms with E-state index < -0.39 is 5.97 Å². The lowest BCUT2D eigenvalue weighted by atomic mass is 10.2. The van der Waals surface area contributed by atoms with Crippen LogP contribution >= 0.6 is 15.9 Å². The summed E-state index contributed by atoms with van der Waals surface area (Å²) in [6.07, 6.45) is 4.48. The quantitative estimate of drug-likeness (QED) is 0.382. The first-order valence-corrected chi connectivity index (χ1v) is 8.01. The highest BCUT2D eigenvalue weighted by Gasteiger charge is 2.05. The molecule has 2 aromatic carbocycles. The Labute approximate surface area is 148 Å². The second-order valence-electron chi connectivity index (χ2n) is 4.82. The van der Waals surface area contributed by atoms with Crippen molar-refractivity contribution in [1.82, 2.24) is 0 Å². The van der Waals surface area contributed by atoms with Crippen LogP contribution in [0.4, 0.5) is 4.39 Å². The summed E-state index contributed by atoms with van der Waals surface area (Å²) in [6.45, 7) is 3.78. The van der Waals surface area contributed by atoms with E-state index >= 15 is 0 Å². The van der Waals surface area contributed by atoms with Gasteiger partial charge in [-0.15, -0.1) is 0 Å². The summed E-state index contributed by atoms with van der Waals surface area (Å²) in [5, 5.41) is 0. The van der Waals surface area contributed by atoms with Gasteiger partial charge in [0.05, 0.1) is 4.47 Å². The highest BCUT2D eigenvalue weighted by molar-refractivity contribution is 9.10. The SMILES string of the molecule is C=CCOC(=O)/C=C/c1ccc(OCc2ccccc2F)c(Br)c1. The van der Waals surface area contributed by atoms with E-state index in [2.05, 4.69) is 22.5 Å². The molecule has 5 heteroatoms. The average molecular weight is 391 g/mol. The maximum absolute atomic E-state index is 13.6. The molecule has 2 rings (SSSR count). The van der Waals surface area contributed by atoms with Crippen molar-refractivity contribution in [3.05, 3.63) is 82.6 Å². The molecule has 0 aromatic heterocycles. The van der Waals surface area contributed by atoms with E-state index in [9.17, 15) is 9.18 Å². The van der Waals surface area contributed by atoms with Crippen molar-refractivity contribution in [3.63, 3.8) is 0 Å². The second-order valence-corrected chi connectivity index (χ2v) is 5.68. The van der Waals surface area contributed by atoms with Crippen molar-refractivity contribution in [2.24, 2.45) is 0 Å².